The Hall–Kier alpha value is -2.44. The topological polar surface area (TPSA) is 71.8 Å². The van der Waals surface area contributed by atoms with Crippen molar-refractivity contribution < 1.29 is 9.18 Å². The van der Waals surface area contributed by atoms with Crippen LogP contribution < -0.4 is 10.6 Å². The molecule has 2 N–H and O–H groups in total. The van der Waals surface area contributed by atoms with Crippen LogP contribution in [0.2, 0.25) is 0 Å². The predicted molar refractivity (Wildman–Crippen MR) is 79.8 cm³/mol. The van der Waals surface area contributed by atoms with E-state index in [4.69, 9.17) is 0 Å². The molecule has 0 aliphatic carbocycles. The van der Waals surface area contributed by atoms with E-state index in [1.54, 1.807) is 0 Å². The molecule has 0 spiro atoms. The molecule has 0 fully saturated rings. The van der Waals surface area contributed by atoms with Crippen molar-refractivity contribution in [1.82, 2.24) is 20.1 Å². The van der Waals surface area contributed by atoms with Gasteiger partial charge in [0.05, 0.1) is 6.54 Å². The molecule has 1 aliphatic heterocycles. The average molecular weight is 303 g/mol. The number of halogens is 1. The van der Waals surface area contributed by atoms with Crippen molar-refractivity contribution >= 4 is 11.7 Å². The van der Waals surface area contributed by atoms with Gasteiger partial charge in [-0.05, 0) is 37.1 Å². The minimum absolute atomic E-state index is 0.319. The highest BCUT2D eigenvalue weighted by molar-refractivity contribution is 5.89. The Bertz CT molecular complexity index is 652. The van der Waals surface area contributed by atoms with Gasteiger partial charge in [-0.25, -0.2) is 9.18 Å². The number of hydrogen-bond acceptors (Lipinski definition) is 3. The Morgan fingerprint density at radius 1 is 1.18 bits per heavy atom. The van der Waals surface area contributed by atoms with Crippen LogP contribution in [0, 0.1) is 5.82 Å². The number of nitrogens with zero attached hydrogens (tertiary/aromatic N) is 3. The minimum Gasteiger partial charge on any atom is -0.331 e. The summed E-state index contributed by atoms with van der Waals surface area (Å²) in [5.74, 6) is 1.43. The minimum atomic E-state index is -0.349. The maximum absolute atomic E-state index is 12.8. The Kier molecular flexibility index (Phi) is 4.32. The first kappa shape index (κ1) is 14.5. The van der Waals surface area contributed by atoms with Crippen LogP contribution in [0.4, 0.5) is 14.9 Å². The Morgan fingerprint density at radius 3 is 2.82 bits per heavy atom. The summed E-state index contributed by atoms with van der Waals surface area (Å²) in [6.07, 6.45) is 4.38. The predicted octanol–water partition coefficient (Wildman–Crippen LogP) is 2.47. The van der Waals surface area contributed by atoms with Gasteiger partial charge in [0.1, 0.15) is 11.6 Å². The van der Waals surface area contributed by atoms with Crippen LogP contribution in [0.3, 0.4) is 0 Å². The van der Waals surface area contributed by atoms with Gasteiger partial charge in [-0.1, -0.05) is 6.42 Å². The molecular formula is C15H18FN5O. The van der Waals surface area contributed by atoms with Crippen molar-refractivity contribution in [1.29, 1.82) is 0 Å². The lowest BCUT2D eigenvalue weighted by molar-refractivity contribution is 0.251. The molecule has 7 heteroatoms. The lowest BCUT2D eigenvalue weighted by atomic mass is 10.2. The van der Waals surface area contributed by atoms with Gasteiger partial charge in [-0.2, -0.15) is 0 Å². The molecule has 6 nitrogen and oxygen atoms in total. The van der Waals surface area contributed by atoms with Gasteiger partial charge in [0.15, 0.2) is 5.82 Å². The molecule has 0 atom stereocenters. The first-order valence-corrected chi connectivity index (χ1v) is 7.44. The first-order valence-electron chi connectivity index (χ1n) is 7.44. The van der Waals surface area contributed by atoms with E-state index >= 15 is 0 Å². The maximum atomic E-state index is 12.8. The third-order valence-corrected chi connectivity index (χ3v) is 3.70. The molecule has 0 radical (unpaired) electrons. The Morgan fingerprint density at radius 2 is 2.00 bits per heavy atom. The van der Waals surface area contributed by atoms with Crippen molar-refractivity contribution in [3.8, 4) is 0 Å². The van der Waals surface area contributed by atoms with Crippen LogP contribution >= 0.6 is 0 Å². The fraction of sp³-hybridized carbons (Fsp3) is 0.400. The SMILES string of the molecule is O=C(NCc1nnc2n1CCCCC2)Nc1ccc(F)cc1. The number of anilines is 1. The summed E-state index contributed by atoms with van der Waals surface area (Å²) < 4.78 is 14.9. The zero-order valence-electron chi connectivity index (χ0n) is 12.2. The van der Waals surface area contributed by atoms with Crippen LogP contribution in [-0.2, 0) is 19.5 Å². The van der Waals surface area contributed by atoms with Crippen molar-refractivity contribution in [2.24, 2.45) is 0 Å². The molecule has 116 valence electrons. The Labute approximate surface area is 127 Å². The van der Waals surface area contributed by atoms with Crippen molar-refractivity contribution in [3.05, 3.63) is 41.7 Å². The summed E-state index contributed by atoms with van der Waals surface area (Å²) in [5, 5.41) is 13.7. The zero-order valence-corrected chi connectivity index (χ0v) is 12.2. The van der Waals surface area contributed by atoms with Crippen LogP contribution in [0.15, 0.2) is 24.3 Å². The molecule has 22 heavy (non-hydrogen) atoms. The summed E-state index contributed by atoms with van der Waals surface area (Å²) >= 11 is 0. The number of carbonyl (C=O) groups is 1. The number of fused-ring (bicyclic) bond motifs is 1. The van der Waals surface area contributed by atoms with Crippen molar-refractivity contribution in [2.75, 3.05) is 5.32 Å². The quantitative estimate of drug-likeness (QED) is 0.915. The number of aryl methyl sites for hydroxylation is 1. The smallest absolute Gasteiger partial charge is 0.319 e. The van der Waals surface area contributed by atoms with Gasteiger partial charge in [-0.3, -0.25) is 0 Å². The Balaban J connectivity index is 1.57. The second-order valence-corrected chi connectivity index (χ2v) is 5.31. The van der Waals surface area contributed by atoms with Crippen LogP contribution in [0.1, 0.15) is 30.9 Å². The van der Waals surface area contributed by atoms with Gasteiger partial charge < -0.3 is 15.2 Å². The number of aromatic nitrogens is 3. The molecule has 3 rings (SSSR count). The maximum Gasteiger partial charge on any atom is 0.319 e. The molecule has 0 unspecified atom stereocenters. The molecule has 0 saturated heterocycles. The molecule has 2 heterocycles. The molecule has 0 bridgehead atoms. The molecule has 2 amide bonds. The van der Waals surface area contributed by atoms with E-state index in [2.05, 4.69) is 25.4 Å². The number of urea groups is 1. The van der Waals surface area contributed by atoms with E-state index in [1.807, 2.05) is 0 Å². The lowest BCUT2D eigenvalue weighted by Gasteiger charge is -2.09. The van der Waals surface area contributed by atoms with Crippen molar-refractivity contribution in [2.45, 2.75) is 38.8 Å². The number of nitrogens with one attached hydrogen (secondary N) is 2. The third kappa shape index (κ3) is 3.41. The summed E-state index contributed by atoms with van der Waals surface area (Å²) in [6.45, 7) is 1.22. The van der Waals surface area contributed by atoms with E-state index in [9.17, 15) is 9.18 Å². The monoisotopic (exact) mass is 303 g/mol. The second-order valence-electron chi connectivity index (χ2n) is 5.31. The van der Waals surface area contributed by atoms with E-state index < -0.39 is 0 Å². The van der Waals surface area contributed by atoms with E-state index in [-0.39, 0.29) is 11.8 Å². The molecular weight excluding hydrogens is 285 g/mol. The van der Waals surface area contributed by atoms with E-state index in [0.717, 1.165) is 37.5 Å². The number of benzene rings is 1. The largest absolute Gasteiger partial charge is 0.331 e. The van der Waals surface area contributed by atoms with Gasteiger partial charge in [0.25, 0.3) is 0 Å². The standard InChI is InChI=1S/C15H18FN5O/c16-11-5-7-12(8-6-11)18-15(22)17-10-14-20-19-13-4-2-1-3-9-21(13)14/h5-8H,1-4,9-10H2,(H2,17,18,22). The number of amides is 2. The number of hydrogen-bond donors (Lipinski definition) is 2. The fourth-order valence-electron chi connectivity index (χ4n) is 2.54. The highest BCUT2D eigenvalue weighted by Crippen LogP contribution is 2.14. The van der Waals surface area contributed by atoms with Crippen molar-refractivity contribution in [3.63, 3.8) is 0 Å². The van der Waals surface area contributed by atoms with Gasteiger partial charge in [0, 0.05) is 18.7 Å². The highest BCUT2D eigenvalue weighted by atomic mass is 19.1. The second kappa shape index (κ2) is 6.55. The summed E-state index contributed by atoms with van der Waals surface area (Å²) in [7, 11) is 0. The molecule has 1 aromatic carbocycles. The lowest BCUT2D eigenvalue weighted by Crippen LogP contribution is -2.29. The molecule has 1 aromatic heterocycles. The van der Waals surface area contributed by atoms with E-state index in [0.29, 0.717) is 12.2 Å². The fourth-order valence-corrected chi connectivity index (χ4v) is 2.54. The van der Waals surface area contributed by atoms with Gasteiger partial charge in [-0.15, -0.1) is 10.2 Å². The average Bonchev–Trinajstić information content (AvgIpc) is 2.75. The normalized spacial score (nSPS) is 14.0. The zero-order chi connectivity index (χ0) is 15.4. The summed E-state index contributed by atoms with van der Waals surface area (Å²) in [6, 6.07) is 5.27. The van der Waals surface area contributed by atoms with Crippen LogP contribution in [-0.4, -0.2) is 20.8 Å². The van der Waals surface area contributed by atoms with Gasteiger partial charge >= 0.3 is 6.03 Å². The molecule has 2 aromatic rings. The number of rotatable bonds is 3. The molecule has 0 saturated carbocycles. The highest BCUT2D eigenvalue weighted by Gasteiger charge is 2.15. The van der Waals surface area contributed by atoms with Gasteiger partial charge in [0.2, 0.25) is 0 Å². The van der Waals surface area contributed by atoms with Crippen LogP contribution in [0.5, 0.6) is 0 Å². The third-order valence-electron chi connectivity index (χ3n) is 3.70. The summed E-state index contributed by atoms with van der Waals surface area (Å²) in [4.78, 5) is 11.9. The van der Waals surface area contributed by atoms with E-state index in [1.165, 1.54) is 30.7 Å². The number of carbonyl (C=O) groups excluding carboxylic acids is 1. The molecule has 1 aliphatic rings. The van der Waals surface area contributed by atoms with Crippen LogP contribution in [0.25, 0.3) is 0 Å². The summed E-state index contributed by atoms with van der Waals surface area (Å²) in [5.41, 5.74) is 0.541. The first-order chi connectivity index (χ1) is 10.7.